The minimum absolute atomic E-state index is 0.00771. The monoisotopic (exact) mass is 437 g/mol. The third-order valence-electron chi connectivity index (χ3n) is 4.41. The topological polar surface area (TPSA) is 74.3 Å². The van der Waals surface area contributed by atoms with E-state index in [0.29, 0.717) is 16.8 Å². The maximum absolute atomic E-state index is 12.4. The van der Waals surface area contributed by atoms with Crippen LogP contribution < -0.4 is 9.64 Å². The van der Waals surface area contributed by atoms with Crippen molar-refractivity contribution in [3.63, 3.8) is 0 Å². The number of nitrogens with zero attached hydrogens (tertiary/aromatic N) is 1. The average molecular weight is 437 g/mol. The van der Waals surface area contributed by atoms with E-state index in [1.165, 1.54) is 43.4 Å². The van der Waals surface area contributed by atoms with Crippen molar-refractivity contribution in [1.29, 1.82) is 0 Å². The first-order valence-electron chi connectivity index (χ1n) is 8.95. The van der Waals surface area contributed by atoms with Crippen LogP contribution in [0.2, 0.25) is 0 Å². The second kappa shape index (κ2) is 9.09. The Kier molecular flexibility index (Phi) is 6.50. The molecular formula is C21H18F3NO6. The maximum atomic E-state index is 12.4. The molecule has 0 aromatic heterocycles. The number of esters is 2. The molecule has 1 aliphatic rings. The van der Waals surface area contributed by atoms with Gasteiger partial charge in [-0.05, 0) is 35.4 Å². The SMILES string of the molecule is COC(=O)C1=C(C(=O)OC)N(c2cccc(-c3ccc(OC(F)(F)F)cc3)c2)COC1. The summed E-state index contributed by atoms with van der Waals surface area (Å²) in [4.78, 5) is 26.0. The fourth-order valence-electron chi connectivity index (χ4n) is 3.05. The number of rotatable bonds is 5. The zero-order valence-electron chi connectivity index (χ0n) is 16.6. The van der Waals surface area contributed by atoms with Gasteiger partial charge in [0, 0.05) is 5.69 Å². The summed E-state index contributed by atoms with van der Waals surface area (Å²) in [6.45, 7) is -0.138. The molecule has 0 unspecified atom stereocenters. The van der Waals surface area contributed by atoms with Crippen LogP contribution in [0, 0.1) is 0 Å². The van der Waals surface area contributed by atoms with Gasteiger partial charge in [-0.25, -0.2) is 9.59 Å². The highest BCUT2D eigenvalue weighted by Crippen LogP contribution is 2.31. The molecule has 1 aliphatic heterocycles. The molecule has 0 saturated carbocycles. The van der Waals surface area contributed by atoms with Crippen LogP contribution in [0.5, 0.6) is 5.75 Å². The third-order valence-corrected chi connectivity index (χ3v) is 4.41. The van der Waals surface area contributed by atoms with Crippen molar-refractivity contribution in [3.8, 4) is 16.9 Å². The van der Waals surface area contributed by atoms with Crippen molar-refractivity contribution in [3.05, 3.63) is 59.8 Å². The number of hydrogen-bond donors (Lipinski definition) is 0. The molecule has 7 nitrogen and oxygen atoms in total. The zero-order chi connectivity index (χ0) is 22.6. The van der Waals surface area contributed by atoms with Crippen molar-refractivity contribution in [2.45, 2.75) is 6.36 Å². The fraction of sp³-hybridized carbons (Fsp3) is 0.238. The lowest BCUT2D eigenvalue weighted by Crippen LogP contribution is -2.38. The van der Waals surface area contributed by atoms with E-state index in [0.717, 1.165) is 0 Å². The van der Waals surface area contributed by atoms with Crippen LogP contribution in [0.4, 0.5) is 18.9 Å². The number of methoxy groups -OCH3 is 2. The fourth-order valence-corrected chi connectivity index (χ4v) is 3.05. The van der Waals surface area contributed by atoms with Crippen LogP contribution in [0.15, 0.2) is 59.8 Å². The van der Waals surface area contributed by atoms with Gasteiger partial charge in [0.1, 0.15) is 18.2 Å². The summed E-state index contributed by atoms with van der Waals surface area (Å²) in [7, 11) is 2.38. The summed E-state index contributed by atoms with van der Waals surface area (Å²) in [5, 5.41) is 0. The van der Waals surface area contributed by atoms with Crippen LogP contribution in [-0.2, 0) is 23.8 Å². The molecule has 10 heteroatoms. The molecule has 0 spiro atoms. The van der Waals surface area contributed by atoms with Crippen LogP contribution >= 0.6 is 0 Å². The van der Waals surface area contributed by atoms with Gasteiger partial charge in [-0.3, -0.25) is 0 Å². The van der Waals surface area contributed by atoms with Gasteiger partial charge in [0.25, 0.3) is 0 Å². The van der Waals surface area contributed by atoms with Gasteiger partial charge in [0.05, 0.1) is 26.4 Å². The second-order valence-corrected chi connectivity index (χ2v) is 6.34. The number of benzene rings is 2. The first-order valence-corrected chi connectivity index (χ1v) is 8.95. The number of ether oxygens (including phenoxy) is 4. The first-order chi connectivity index (χ1) is 14.7. The molecule has 0 N–H and O–H groups in total. The highest BCUT2D eigenvalue weighted by atomic mass is 19.4. The predicted octanol–water partition coefficient (Wildman–Crippen LogP) is 3.65. The number of hydrogen-bond acceptors (Lipinski definition) is 7. The highest BCUT2D eigenvalue weighted by molar-refractivity contribution is 6.03. The molecule has 0 fully saturated rings. The molecule has 31 heavy (non-hydrogen) atoms. The molecular weight excluding hydrogens is 419 g/mol. The summed E-state index contributed by atoms with van der Waals surface area (Å²) in [5.41, 5.74) is 1.79. The van der Waals surface area contributed by atoms with Crippen molar-refractivity contribution in [2.75, 3.05) is 32.5 Å². The Morgan fingerprint density at radius 1 is 0.968 bits per heavy atom. The Labute approximate surface area is 175 Å². The Balaban J connectivity index is 1.96. The van der Waals surface area contributed by atoms with E-state index in [1.54, 1.807) is 24.3 Å². The van der Waals surface area contributed by atoms with E-state index < -0.39 is 18.3 Å². The van der Waals surface area contributed by atoms with Crippen molar-refractivity contribution in [1.82, 2.24) is 0 Å². The quantitative estimate of drug-likeness (QED) is 0.661. The van der Waals surface area contributed by atoms with Crippen LogP contribution in [-0.4, -0.2) is 45.9 Å². The molecule has 164 valence electrons. The first kappa shape index (κ1) is 22.2. The van der Waals surface area contributed by atoms with E-state index in [1.807, 2.05) is 0 Å². The average Bonchev–Trinajstić information content (AvgIpc) is 2.77. The van der Waals surface area contributed by atoms with Gasteiger partial charge < -0.3 is 23.8 Å². The molecule has 0 saturated heterocycles. The van der Waals surface area contributed by atoms with Gasteiger partial charge in [-0.1, -0.05) is 24.3 Å². The van der Waals surface area contributed by atoms with Crippen LogP contribution in [0.3, 0.4) is 0 Å². The maximum Gasteiger partial charge on any atom is 0.573 e. The number of alkyl halides is 3. The molecule has 0 atom stereocenters. The lowest BCUT2D eigenvalue weighted by Gasteiger charge is -2.31. The van der Waals surface area contributed by atoms with Gasteiger partial charge in [0.15, 0.2) is 0 Å². The van der Waals surface area contributed by atoms with Crippen LogP contribution in [0.25, 0.3) is 11.1 Å². The Hall–Kier alpha value is -3.53. The van der Waals surface area contributed by atoms with Crippen molar-refractivity contribution < 1.29 is 41.7 Å². The summed E-state index contributed by atoms with van der Waals surface area (Å²) < 4.78 is 55.9. The van der Waals surface area contributed by atoms with E-state index in [4.69, 9.17) is 14.2 Å². The summed E-state index contributed by atoms with van der Waals surface area (Å²) in [6.07, 6.45) is -4.77. The normalized spacial score (nSPS) is 14.3. The van der Waals surface area contributed by atoms with Gasteiger partial charge in [0.2, 0.25) is 0 Å². The second-order valence-electron chi connectivity index (χ2n) is 6.34. The lowest BCUT2D eigenvalue weighted by molar-refractivity contribution is -0.274. The lowest BCUT2D eigenvalue weighted by atomic mass is 10.0. The third kappa shape index (κ3) is 5.15. The molecule has 2 aromatic rings. The van der Waals surface area contributed by atoms with E-state index in [-0.39, 0.29) is 30.4 Å². The van der Waals surface area contributed by atoms with Gasteiger partial charge in [-0.2, -0.15) is 0 Å². The zero-order valence-corrected chi connectivity index (χ0v) is 16.6. The molecule has 1 heterocycles. The van der Waals surface area contributed by atoms with Gasteiger partial charge >= 0.3 is 18.3 Å². The van der Waals surface area contributed by atoms with E-state index in [2.05, 4.69) is 4.74 Å². The smallest absolute Gasteiger partial charge is 0.466 e. The number of halogens is 3. The molecule has 0 aliphatic carbocycles. The minimum Gasteiger partial charge on any atom is -0.466 e. The van der Waals surface area contributed by atoms with E-state index in [9.17, 15) is 22.8 Å². The van der Waals surface area contributed by atoms with Crippen molar-refractivity contribution in [2.24, 2.45) is 0 Å². The molecule has 0 amide bonds. The molecule has 0 bridgehead atoms. The molecule has 3 rings (SSSR count). The van der Waals surface area contributed by atoms with E-state index >= 15 is 0 Å². The molecule has 2 aromatic carbocycles. The van der Waals surface area contributed by atoms with Gasteiger partial charge in [-0.15, -0.1) is 13.2 Å². The summed E-state index contributed by atoms with van der Waals surface area (Å²) in [5.74, 6) is -1.79. The standard InChI is InChI=1S/C21H18F3NO6/c1-28-19(26)17-11-30-12-25(18(17)20(27)29-2)15-5-3-4-14(10-15)13-6-8-16(9-7-13)31-21(22,23)24/h3-10H,11-12H2,1-2H3. The predicted molar refractivity (Wildman–Crippen MR) is 103 cm³/mol. The highest BCUT2D eigenvalue weighted by Gasteiger charge is 2.33. The van der Waals surface area contributed by atoms with Crippen LogP contribution in [0.1, 0.15) is 0 Å². The Morgan fingerprint density at radius 3 is 2.26 bits per heavy atom. The van der Waals surface area contributed by atoms with Crippen molar-refractivity contribution >= 4 is 17.6 Å². The number of carbonyl (C=O) groups excluding carboxylic acids is 2. The summed E-state index contributed by atoms with van der Waals surface area (Å²) in [6, 6.07) is 12.2. The largest absolute Gasteiger partial charge is 0.573 e. The number of carbonyl (C=O) groups is 2. The molecule has 0 radical (unpaired) electrons. The summed E-state index contributed by atoms with van der Waals surface area (Å²) >= 11 is 0. The number of anilines is 1. The Bertz CT molecular complexity index is 1000. The Morgan fingerprint density at radius 2 is 1.65 bits per heavy atom. The minimum atomic E-state index is -4.77.